The summed E-state index contributed by atoms with van der Waals surface area (Å²) < 4.78 is 32.1. The lowest BCUT2D eigenvalue weighted by Gasteiger charge is -2.15. The topological polar surface area (TPSA) is 103 Å². The van der Waals surface area contributed by atoms with Crippen molar-refractivity contribution in [3.8, 4) is 5.75 Å². The molecule has 0 bridgehead atoms. The van der Waals surface area contributed by atoms with E-state index in [0.29, 0.717) is 30.9 Å². The minimum absolute atomic E-state index is 0.323. The zero-order valence-corrected chi connectivity index (χ0v) is 20.4. The lowest BCUT2D eigenvalue weighted by molar-refractivity contribution is 0.172. The molecule has 7 nitrogen and oxygen atoms in total. The Balaban J connectivity index is 1.29. The highest BCUT2D eigenvalue weighted by Crippen LogP contribution is 2.28. The first-order valence-electron chi connectivity index (χ1n) is 10.1. The number of aromatic nitrogens is 1. The zero-order chi connectivity index (χ0) is 22.7. The molecule has 0 aliphatic rings. The number of aromatic amines is 1. The van der Waals surface area contributed by atoms with Gasteiger partial charge in [-0.15, -0.1) is 0 Å². The Kier molecular flexibility index (Phi) is 6.89. The van der Waals surface area contributed by atoms with Crippen molar-refractivity contribution in [3.63, 3.8) is 0 Å². The average Bonchev–Trinajstić information content (AvgIpc) is 3.11. The molecule has 0 radical (unpaired) electrons. The van der Waals surface area contributed by atoms with Crippen LogP contribution in [-0.2, 0) is 10.0 Å². The molecular weight excluding hydrogens is 541 g/mol. The van der Waals surface area contributed by atoms with Crippen molar-refractivity contribution in [3.05, 3.63) is 69.8 Å². The Morgan fingerprint density at radius 1 is 1.06 bits per heavy atom. The molecule has 1 unspecified atom stereocenters. The van der Waals surface area contributed by atoms with Gasteiger partial charge in [0, 0.05) is 39.0 Å². The van der Waals surface area contributed by atoms with E-state index in [4.69, 9.17) is 4.74 Å². The number of nitrogens with one attached hydrogen (secondary N) is 3. The number of ether oxygens (including phenoxy) is 1. The number of rotatable bonds is 9. The number of anilines is 1. The fraction of sp³-hybridized carbons (Fsp3) is 0.217. The quantitative estimate of drug-likeness (QED) is 0.182. The number of para-hydroxylation sites is 1. The number of fused-ring (bicyclic) bond motifs is 3. The highest BCUT2D eigenvalue weighted by atomic mass is 127. The van der Waals surface area contributed by atoms with Crippen molar-refractivity contribution in [2.24, 2.45) is 0 Å². The molecule has 4 N–H and O–H groups in total. The van der Waals surface area contributed by atoms with Crippen molar-refractivity contribution in [1.29, 1.82) is 0 Å². The van der Waals surface area contributed by atoms with Gasteiger partial charge < -0.3 is 20.1 Å². The van der Waals surface area contributed by atoms with Gasteiger partial charge in [0.05, 0.1) is 23.6 Å². The van der Waals surface area contributed by atoms with Gasteiger partial charge in [0.25, 0.3) is 0 Å². The van der Waals surface area contributed by atoms with Gasteiger partial charge in [-0.2, -0.15) is 0 Å². The summed E-state index contributed by atoms with van der Waals surface area (Å²) in [6.45, 7) is 1.33. The van der Waals surface area contributed by atoms with Gasteiger partial charge in [0.15, 0.2) is 0 Å². The van der Waals surface area contributed by atoms with Crippen LogP contribution >= 0.6 is 22.6 Å². The van der Waals surface area contributed by atoms with Crippen LogP contribution in [0.2, 0.25) is 0 Å². The van der Waals surface area contributed by atoms with E-state index in [0.717, 1.165) is 32.0 Å². The van der Waals surface area contributed by atoms with E-state index in [1.807, 2.05) is 24.3 Å². The van der Waals surface area contributed by atoms with E-state index in [1.54, 1.807) is 18.2 Å². The largest absolute Gasteiger partial charge is 0.492 e. The number of aliphatic hydroxyl groups excluding tert-OH is 1. The van der Waals surface area contributed by atoms with Crippen LogP contribution in [0.3, 0.4) is 0 Å². The van der Waals surface area contributed by atoms with E-state index in [-0.39, 0.29) is 0 Å². The molecule has 1 atom stereocenters. The van der Waals surface area contributed by atoms with Crippen LogP contribution in [-0.4, -0.2) is 44.5 Å². The molecule has 32 heavy (non-hydrogen) atoms. The molecule has 0 saturated carbocycles. The Morgan fingerprint density at radius 3 is 2.66 bits per heavy atom. The second kappa shape index (κ2) is 9.65. The third kappa shape index (κ3) is 5.52. The maximum Gasteiger partial charge on any atom is 0.229 e. The van der Waals surface area contributed by atoms with Crippen LogP contribution in [0.1, 0.15) is 11.7 Å². The Morgan fingerprint density at radius 2 is 1.84 bits per heavy atom. The summed E-state index contributed by atoms with van der Waals surface area (Å²) >= 11 is 2.05. The molecule has 1 heterocycles. The number of benzene rings is 3. The molecule has 0 spiro atoms. The SMILES string of the molecule is CS(=O)(=O)Nc1cc(C(O)CNCCOc2ccc3c(c2)[nH]c2ccccc23)ccc1I. The molecule has 0 aliphatic heterocycles. The lowest BCUT2D eigenvalue weighted by Crippen LogP contribution is -2.26. The van der Waals surface area contributed by atoms with E-state index in [1.165, 1.54) is 5.39 Å². The summed E-state index contributed by atoms with van der Waals surface area (Å²) in [5.41, 5.74) is 3.22. The van der Waals surface area contributed by atoms with Gasteiger partial charge >= 0.3 is 0 Å². The molecule has 0 saturated heterocycles. The molecular formula is C23H24IN3O4S. The van der Waals surface area contributed by atoms with Gasteiger partial charge in [-0.3, -0.25) is 4.72 Å². The van der Waals surface area contributed by atoms with Crippen molar-refractivity contribution >= 4 is 60.1 Å². The number of aliphatic hydroxyl groups is 1. The molecule has 4 rings (SSSR count). The summed E-state index contributed by atoms with van der Waals surface area (Å²) in [6.07, 6.45) is 0.332. The Bertz CT molecular complexity index is 1350. The minimum atomic E-state index is -3.39. The number of hydrogen-bond donors (Lipinski definition) is 4. The molecule has 9 heteroatoms. The third-order valence-electron chi connectivity index (χ3n) is 5.03. The summed E-state index contributed by atoms with van der Waals surface area (Å²) in [6, 6.07) is 19.4. The van der Waals surface area contributed by atoms with E-state index in [2.05, 4.69) is 55.8 Å². The zero-order valence-electron chi connectivity index (χ0n) is 17.4. The van der Waals surface area contributed by atoms with E-state index < -0.39 is 16.1 Å². The highest BCUT2D eigenvalue weighted by molar-refractivity contribution is 14.1. The van der Waals surface area contributed by atoms with Crippen molar-refractivity contribution in [2.75, 3.05) is 30.7 Å². The lowest BCUT2D eigenvalue weighted by atomic mass is 10.1. The van der Waals surface area contributed by atoms with E-state index >= 15 is 0 Å². The summed E-state index contributed by atoms with van der Waals surface area (Å²) in [5.74, 6) is 0.778. The summed E-state index contributed by atoms with van der Waals surface area (Å²) in [7, 11) is -3.39. The second-order valence-electron chi connectivity index (χ2n) is 7.56. The van der Waals surface area contributed by atoms with Crippen LogP contribution in [0.15, 0.2) is 60.7 Å². The monoisotopic (exact) mass is 565 g/mol. The summed E-state index contributed by atoms with van der Waals surface area (Å²) in [4.78, 5) is 3.40. The maximum atomic E-state index is 11.5. The van der Waals surface area contributed by atoms with Crippen LogP contribution < -0.4 is 14.8 Å². The summed E-state index contributed by atoms with van der Waals surface area (Å²) in [5, 5.41) is 16.0. The molecule has 3 aromatic carbocycles. The molecule has 1 aromatic heterocycles. The average molecular weight is 565 g/mol. The van der Waals surface area contributed by atoms with Crippen LogP contribution in [0.25, 0.3) is 21.8 Å². The second-order valence-corrected chi connectivity index (χ2v) is 10.5. The Labute approximate surface area is 200 Å². The van der Waals surface area contributed by atoms with E-state index in [9.17, 15) is 13.5 Å². The molecule has 4 aromatic rings. The minimum Gasteiger partial charge on any atom is -0.492 e. The van der Waals surface area contributed by atoms with Crippen LogP contribution in [0.4, 0.5) is 5.69 Å². The molecule has 0 amide bonds. The van der Waals surface area contributed by atoms with Crippen molar-refractivity contribution in [1.82, 2.24) is 10.3 Å². The van der Waals surface area contributed by atoms with Gasteiger partial charge in [0.2, 0.25) is 10.0 Å². The Hall–Kier alpha value is -2.34. The number of halogens is 1. The van der Waals surface area contributed by atoms with Crippen LogP contribution in [0.5, 0.6) is 5.75 Å². The number of hydrogen-bond acceptors (Lipinski definition) is 5. The third-order valence-corrected chi connectivity index (χ3v) is 6.56. The van der Waals surface area contributed by atoms with Gasteiger partial charge in [-0.05, 0) is 58.5 Å². The van der Waals surface area contributed by atoms with Gasteiger partial charge in [0.1, 0.15) is 12.4 Å². The highest BCUT2D eigenvalue weighted by Gasteiger charge is 2.12. The fourth-order valence-electron chi connectivity index (χ4n) is 3.55. The first-order chi connectivity index (χ1) is 15.3. The van der Waals surface area contributed by atoms with Crippen molar-refractivity contribution in [2.45, 2.75) is 6.10 Å². The molecule has 0 fully saturated rings. The predicted molar refractivity (Wildman–Crippen MR) is 137 cm³/mol. The standard InChI is InChI=1S/C23H24IN3O4S/c1-32(29,30)27-22-12-15(6-9-19(22)24)23(28)14-25-10-11-31-16-7-8-18-17-4-2-3-5-20(17)26-21(18)13-16/h2-9,12-13,23,25-28H,10-11,14H2,1H3. The van der Waals surface area contributed by atoms with Crippen LogP contribution in [0, 0.1) is 3.57 Å². The molecule has 168 valence electrons. The first kappa shape index (κ1) is 22.8. The molecule has 0 aliphatic carbocycles. The first-order valence-corrected chi connectivity index (χ1v) is 13.1. The smallest absolute Gasteiger partial charge is 0.229 e. The van der Waals surface area contributed by atoms with Gasteiger partial charge in [-0.25, -0.2) is 8.42 Å². The van der Waals surface area contributed by atoms with Gasteiger partial charge in [-0.1, -0.05) is 24.3 Å². The number of H-pyrrole nitrogens is 1. The normalized spacial score (nSPS) is 12.8. The predicted octanol–water partition coefficient (Wildman–Crippen LogP) is 4.00. The maximum absolute atomic E-state index is 11.5. The fourth-order valence-corrected chi connectivity index (χ4v) is 4.77. The number of sulfonamides is 1. The van der Waals surface area contributed by atoms with Crippen molar-refractivity contribution < 1.29 is 18.3 Å².